The molecule has 1 heterocycles. The van der Waals surface area contributed by atoms with Crippen LogP contribution in [0, 0.1) is 6.92 Å². The van der Waals surface area contributed by atoms with Gasteiger partial charge in [-0.3, -0.25) is 4.79 Å². The van der Waals surface area contributed by atoms with Gasteiger partial charge in [0.25, 0.3) is 5.91 Å². The number of hydrogen-bond acceptors (Lipinski definition) is 4. The minimum absolute atomic E-state index is 0.118. The van der Waals surface area contributed by atoms with Gasteiger partial charge in [0.1, 0.15) is 5.75 Å². The molecule has 0 spiro atoms. The monoisotopic (exact) mass is 384 g/mol. The summed E-state index contributed by atoms with van der Waals surface area (Å²) in [6, 6.07) is 14.4. The molecule has 1 saturated heterocycles. The van der Waals surface area contributed by atoms with Gasteiger partial charge in [-0.25, -0.2) is 0 Å². The standard InChI is InChI=1S/C22H28N2O2S/c1-4-26-21-10-7-18(22(25)24-13-11-23(3)12-14-24)15-19(21)16-27-20-8-5-17(2)6-9-20/h5-10,15H,4,11-14,16H2,1-3H3. The number of rotatable bonds is 6. The van der Waals surface area contributed by atoms with Gasteiger partial charge >= 0.3 is 0 Å². The van der Waals surface area contributed by atoms with Gasteiger partial charge in [-0.05, 0) is 51.2 Å². The smallest absolute Gasteiger partial charge is 0.253 e. The number of ether oxygens (including phenoxy) is 1. The number of benzene rings is 2. The summed E-state index contributed by atoms with van der Waals surface area (Å²) in [5, 5.41) is 0. The zero-order valence-corrected chi connectivity index (χ0v) is 17.2. The van der Waals surface area contributed by atoms with E-state index in [1.54, 1.807) is 11.8 Å². The van der Waals surface area contributed by atoms with Crippen LogP contribution in [0.1, 0.15) is 28.4 Å². The van der Waals surface area contributed by atoms with Crippen molar-refractivity contribution < 1.29 is 9.53 Å². The van der Waals surface area contributed by atoms with Gasteiger partial charge in [0.15, 0.2) is 0 Å². The van der Waals surface area contributed by atoms with E-state index in [4.69, 9.17) is 4.74 Å². The first-order valence-corrected chi connectivity index (χ1v) is 10.5. The molecule has 2 aromatic rings. The summed E-state index contributed by atoms with van der Waals surface area (Å²) in [5.74, 6) is 1.77. The van der Waals surface area contributed by atoms with E-state index in [1.807, 2.05) is 30.0 Å². The fraction of sp³-hybridized carbons (Fsp3) is 0.409. The number of nitrogens with zero attached hydrogens (tertiary/aromatic N) is 2. The molecular weight excluding hydrogens is 356 g/mol. The molecule has 2 aromatic carbocycles. The van der Waals surface area contributed by atoms with E-state index < -0.39 is 0 Å². The maximum absolute atomic E-state index is 12.9. The Balaban J connectivity index is 1.75. The zero-order valence-electron chi connectivity index (χ0n) is 16.4. The Bertz CT molecular complexity index is 768. The molecule has 5 heteroatoms. The van der Waals surface area contributed by atoms with Crippen LogP contribution in [-0.2, 0) is 5.75 Å². The van der Waals surface area contributed by atoms with Crippen molar-refractivity contribution in [1.82, 2.24) is 9.80 Å². The number of aryl methyl sites for hydroxylation is 1. The molecule has 1 fully saturated rings. The van der Waals surface area contributed by atoms with E-state index in [-0.39, 0.29) is 5.91 Å². The Morgan fingerprint density at radius 2 is 1.78 bits per heavy atom. The van der Waals surface area contributed by atoms with Gasteiger partial charge in [0.05, 0.1) is 6.61 Å². The molecule has 3 rings (SSSR count). The van der Waals surface area contributed by atoms with Crippen molar-refractivity contribution in [3.8, 4) is 5.75 Å². The van der Waals surface area contributed by atoms with Crippen molar-refractivity contribution in [2.45, 2.75) is 24.5 Å². The third kappa shape index (κ3) is 5.27. The van der Waals surface area contributed by atoms with Crippen LogP contribution in [-0.4, -0.2) is 55.5 Å². The van der Waals surface area contributed by atoms with E-state index in [0.29, 0.717) is 6.61 Å². The topological polar surface area (TPSA) is 32.8 Å². The highest BCUT2D eigenvalue weighted by Gasteiger charge is 2.21. The molecule has 0 radical (unpaired) electrons. The average Bonchev–Trinajstić information content (AvgIpc) is 2.68. The lowest BCUT2D eigenvalue weighted by Gasteiger charge is -2.32. The van der Waals surface area contributed by atoms with Crippen LogP contribution in [0.25, 0.3) is 0 Å². The Kier molecular flexibility index (Phi) is 6.80. The molecular formula is C22H28N2O2S. The summed E-state index contributed by atoms with van der Waals surface area (Å²) < 4.78 is 5.79. The third-order valence-electron chi connectivity index (χ3n) is 4.81. The number of hydrogen-bond donors (Lipinski definition) is 0. The van der Waals surface area contributed by atoms with Crippen molar-refractivity contribution in [1.29, 1.82) is 0 Å². The van der Waals surface area contributed by atoms with Crippen LogP contribution in [0.15, 0.2) is 47.4 Å². The van der Waals surface area contributed by atoms with Crippen LogP contribution in [0.2, 0.25) is 0 Å². The first-order chi connectivity index (χ1) is 13.1. The van der Waals surface area contributed by atoms with Gasteiger partial charge in [0.2, 0.25) is 0 Å². The maximum atomic E-state index is 12.9. The van der Waals surface area contributed by atoms with Crippen LogP contribution < -0.4 is 4.74 Å². The predicted octanol–water partition coefficient (Wildman–Crippen LogP) is 4.07. The van der Waals surface area contributed by atoms with Crippen molar-refractivity contribution in [3.63, 3.8) is 0 Å². The molecule has 0 bridgehead atoms. The van der Waals surface area contributed by atoms with Crippen LogP contribution >= 0.6 is 11.8 Å². The van der Waals surface area contributed by atoms with Crippen LogP contribution in [0.5, 0.6) is 5.75 Å². The largest absolute Gasteiger partial charge is 0.494 e. The molecule has 0 saturated carbocycles. The fourth-order valence-corrected chi connectivity index (χ4v) is 3.99. The number of thioether (sulfide) groups is 1. The van der Waals surface area contributed by atoms with Gasteiger partial charge in [-0.2, -0.15) is 0 Å². The Morgan fingerprint density at radius 3 is 2.44 bits per heavy atom. The summed E-state index contributed by atoms with van der Waals surface area (Å²) in [6.45, 7) is 8.13. The normalized spacial score (nSPS) is 15.0. The second-order valence-corrected chi connectivity index (χ2v) is 8.00. The summed E-state index contributed by atoms with van der Waals surface area (Å²) in [4.78, 5) is 18.3. The Morgan fingerprint density at radius 1 is 1.07 bits per heavy atom. The summed E-state index contributed by atoms with van der Waals surface area (Å²) in [7, 11) is 2.10. The predicted molar refractivity (Wildman–Crippen MR) is 112 cm³/mol. The van der Waals surface area contributed by atoms with E-state index in [0.717, 1.165) is 48.8 Å². The number of carbonyl (C=O) groups excluding carboxylic acids is 1. The summed E-state index contributed by atoms with van der Waals surface area (Å²) >= 11 is 1.77. The van der Waals surface area contributed by atoms with E-state index in [2.05, 4.69) is 43.1 Å². The highest BCUT2D eigenvalue weighted by atomic mass is 32.2. The fourth-order valence-electron chi connectivity index (χ4n) is 3.11. The molecule has 1 aliphatic heterocycles. The molecule has 4 nitrogen and oxygen atoms in total. The van der Waals surface area contributed by atoms with Gasteiger partial charge in [-0.1, -0.05) is 17.7 Å². The number of amides is 1. The first kappa shape index (κ1) is 19.8. The number of piperazine rings is 1. The minimum atomic E-state index is 0.118. The average molecular weight is 385 g/mol. The van der Waals surface area contributed by atoms with Crippen molar-refractivity contribution in [3.05, 3.63) is 59.2 Å². The second-order valence-electron chi connectivity index (χ2n) is 6.95. The maximum Gasteiger partial charge on any atom is 0.253 e. The zero-order chi connectivity index (χ0) is 19.2. The molecule has 27 heavy (non-hydrogen) atoms. The SMILES string of the molecule is CCOc1ccc(C(=O)N2CCN(C)CC2)cc1CSc1ccc(C)cc1. The second kappa shape index (κ2) is 9.29. The lowest BCUT2D eigenvalue weighted by atomic mass is 10.1. The van der Waals surface area contributed by atoms with Crippen molar-refractivity contribution in [2.75, 3.05) is 39.8 Å². The van der Waals surface area contributed by atoms with E-state index in [9.17, 15) is 4.79 Å². The van der Waals surface area contributed by atoms with Gasteiger partial charge in [-0.15, -0.1) is 11.8 Å². The molecule has 0 aliphatic carbocycles. The molecule has 144 valence electrons. The summed E-state index contributed by atoms with van der Waals surface area (Å²) in [6.07, 6.45) is 0. The van der Waals surface area contributed by atoms with Crippen molar-refractivity contribution in [2.24, 2.45) is 0 Å². The molecule has 0 aromatic heterocycles. The first-order valence-electron chi connectivity index (χ1n) is 9.50. The van der Waals surface area contributed by atoms with E-state index >= 15 is 0 Å². The lowest BCUT2D eigenvalue weighted by Crippen LogP contribution is -2.47. The number of likely N-dealkylation sites (N-methyl/N-ethyl adjacent to an activating group) is 1. The Hall–Kier alpha value is -1.98. The van der Waals surface area contributed by atoms with Crippen LogP contribution in [0.3, 0.4) is 0 Å². The lowest BCUT2D eigenvalue weighted by molar-refractivity contribution is 0.0664. The third-order valence-corrected chi connectivity index (χ3v) is 5.87. The van der Waals surface area contributed by atoms with Crippen LogP contribution in [0.4, 0.5) is 0 Å². The van der Waals surface area contributed by atoms with Gasteiger partial charge < -0.3 is 14.5 Å². The molecule has 1 amide bonds. The highest BCUT2D eigenvalue weighted by Crippen LogP contribution is 2.29. The van der Waals surface area contributed by atoms with E-state index in [1.165, 1.54) is 10.5 Å². The number of carbonyl (C=O) groups is 1. The van der Waals surface area contributed by atoms with Gasteiger partial charge in [0, 0.05) is 48.0 Å². The molecule has 0 atom stereocenters. The Labute approximate surface area is 166 Å². The molecule has 0 unspecified atom stereocenters. The van der Waals surface area contributed by atoms with Crippen molar-refractivity contribution >= 4 is 17.7 Å². The summed E-state index contributed by atoms with van der Waals surface area (Å²) in [5.41, 5.74) is 3.08. The molecule has 0 N–H and O–H groups in total. The highest BCUT2D eigenvalue weighted by molar-refractivity contribution is 7.98. The quantitative estimate of drug-likeness (QED) is 0.703. The molecule has 1 aliphatic rings. The minimum Gasteiger partial charge on any atom is -0.494 e.